The Kier molecular flexibility index (Phi) is 4.72. The SMILES string of the molecule is COc1ccc(CN2[C@H]3CC[C@@H]2[C@@](CO)(Cc2ccccc2)C3)cc1F. The number of halogens is 1. The standard InChI is InChI=1S/C22H26FNO2/c1-26-20-9-7-17(11-19(20)23)14-24-18-8-10-21(24)22(13-18,15-25)12-16-5-3-2-4-6-16/h2-7,9,11,18,21,25H,8,10,12-15H2,1H3/t18-,21+,22-/m0/s1. The molecule has 0 amide bonds. The van der Waals surface area contributed by atoms with Gasteiger partial charge >= 0.3 is 0 Å². The zero-order chi connectivity index (χ0) is 18.1. The number of rotatable bonds is 6. The normalized spacial score (nSPS) is 27.8. The average molecular weight is 355 g/mol. The Morgan fingerprint density at radius 2 is 1.96 bits per heavy atom. The van der Waals surface area contributed by atoms with Crippen molar-refractivity contribution in [1.82, 2.24) is 4.90 Å². The van der Waals surface area contributed by atoms with Gasteiger partial charge in [0.15, 0.2) is 11.6 Å². The molecule has 2 aliphatic heterocycles. The minimum absolute atomic E-state index is 0.0880. The molecule has 2 heterocycles. The van der Waals surface area contributed by atoms with Crippen LogP contribution in [-0.4, -0.2) is 35.8 Å². The number of benzene rings is 2. The van der Waals surface area contributed by atoms with Crippen molar-refractivity contribution in [2.75, 3.05) is 13.7 Å². The van der Waals surface area contributed by atoms with E-state index in [1.165, 1.54) is 19.1 Å². The lowest BCUT2D eigenvalue weighted by Gasteiger charge is -2.36. The molecule has 0 unspecified atom stereocenters. The maximum atomic E-state index is 14.1. The third kappa shape index (κ3) is 3.01. The Labute approximate surface area is 154 Å². The number of methoxy groups -OCH3 is 1. The van der Waals surface area contributed by atoms with Crippen molar-refractivity contribution >= 4 is 0 Å². The smallest absolute Gasteiger partial charge is 0.165 e. The van der Waals surface area contributed by atoms with Crippen LogP contribution in [0.1, 0.15) is 30.4 Å². The van der Waals surface area contributed by atoms with Crippen LogP contribution in [0, 0.1) is 11.2 Å². The minimum Gasteiger partial charge on any atom is -0.494 e. The first-order chi connectivity index (χ1) is 12.6. The molecule has 2 saturated heterocycles. The van der Waals surface area contributed by atoms with E-state index in [1.54, 1.807) is 12.1 Å². The molecule has 138 valence electrons. The van der Waals surface area contributed by atoms with Crippen molar-refractivity contribution in [3.8, 4) is 5.75 Å². The highest BCUT2D eigenvalue weighted by molar-refractivity contribution is 5.30. The molecular weight excluding hydrogens is 329 g/mol. The van der Waals surface area contributed by atoms with Crippen LogP contribution in [0.2, 0.25) is 0 Å². The van der Waals surface area contributed by atoms with Gasteiger partial charge in [0, 0.05) is 24.0 Å². The number of hydrogen-bond donors (Lipinski definition) is 1. The van der Waals surface area contributed by atoms with E-state index in [0.717, 1.165) is 31.4 Å². The van der Waals surface area contributed by atoms with Crippen LogP contribution in [0.3, 0.4) is 0 Å². The van der Waals surface area contributed by atoms with E-state index in [2.05, 4.69) is 29.2 Å². The molecule has 2 bridgehead atoms. The monoisotopic (exact) mass is 355 g/mol. The Bertz CT molecular complexity index is 766. The van der Waals surface area contributed by atoms with Gasteiger partial charge in [0.2, 0.25) is 0 Å². The van der Waals surface area contributed by atoms with Crippen LogP contribution in [0.25, 0.3) is 0 Å². The van der Waals surface area contributed by atoms with Crippen LogP contribution in [0.15, 0.2) is 48.5 Å². The van der Waals surface area contributed by atoms with E-state index in [4.69, 9.17) is 4.74 Å². The van der Waals surface area contributed by atoms with E-state index in [-0.39, 0.29) is 23.6 Å². The Balaban J connectivity index is 1.54. The van der Waals surface area contributed by atoms with Gasteiger partial charge < -0.3 is 9.84 Å². The van der Waals surface area contributed by atoms with Crippen molar-refractivity contribution in [1.29, 1.82) is 0 Å². The maximum absolute atomic E-state index is 14.1. The van der Waals surface area contributed by atoms with Gasteiger partial charge in [0.25, 0.3) is 0 Å². The molecule has 2 aromatic carbocycles. The average Bonchev–Trinajstić information content (AvgIpc) is 3.17. The van der Waals surface area contributed by atoms with Gasteiger partial charge in [-0.2, -0.15) is 0 Å². The lowest BCUT2D eigenvalue weighted by Crippen LogP contribution is -2.41. The van der Waals surface area contributed by atoms with E-state index in [9.17, 15) is 9.50 Å². The third-order valence-electron chi connectivity index (χ3n) is 6.29. The molecule has 3 atom stereocenters. The zero-order valence-corrected chi connectivity index (χ0v) is 15.2. The van der Waals surface area contributed by atoms with Crippen molar-refractivity contribution in [2.24, 2.45) is 5.41 Å². The Morgan fingerprint density at radius 3 is 2.65 bits per heavy atom. The van der Waals surface area contributed by atoms with Crippen LogP contribution in [0.5, 0.6) is 5.75 Å². The van der Waals surface area contributed by atoms with E-state index < -0.39 is 0 Å². The Hall–Kier alpha value is -1.91. The zero-order valence-electron chi connectivity index (χ0n) is 15.2. The molecule has 26 heavy (non-hydrogen) atoms. The van der Waals surface area contributed by atoms with Crippen molar-refractivity contribution in [2.45, 2.75) is 44.3 Å². The summed E-state index contributed by atoms with van der Waals surface area (Å²) in [5, 5.41) is 10.3. The molecule has 2 aliphatic rings. The van der Waals surface area contributed by atoms with Gasteiger partial charge in [-0.1, -0.05) is 36.4 Å². The summed E-state index contributed by atoms with van der Waals surface area (Å²) in [6.07, 6.45) is 4.19. The predicted octanol–water partition coefficient (Wildman–Crippen LogP) is 3.79. The summed E-state index contributed by atoms with van der Waals surface area (Å²) in [5.74, 6) is -0.0267. The topological polar surface area (TPSA) is 32.7 Å². The number of aliphatic hydroxyl groups is 1. The predicted molar refractivity (Wildman–Crippen MR) is 99.6 cm³/mol. The first-order valence-corrected chi connectivity index (χ1v) is 9.38. The van der Waals surface area contributed by atoms with Crippen molar-refractivity contribution < 1.29 is 14.2 Å². The fourth-order valence-electron chi connectivity index (χ4n) is 5.10. The van der Waals surface area contributed by atoms with Crippen LogP contribution in [-0.2, 0) is 13.0 Å². The molecule has 1 N–H and O–H groups in total. The molecule has 0 spiro atoms. The number of hydrogen-bond acceptors (Lipinski definition) is 3. The molecule has 2 fully saturated rings. The number of fused-ring (bicyclic) bond motifs is 2. The summed E-state index contributed by atoms with van der Waals surface area (Å²) in [4.78, 5) is 2.49. The van der Waals surface area contributed by atoms with Gasteiger partial charge in [-0.3, -0.25) is 4.90 Å². The van der Waals surface area contributed by atoms with Crippen LogP contribution in [0.4, 0.5) is 4.39 Å². The van der Waals surface area contributed by atoms with Crippen LogP contribution >= 0.6 is 0 Å². The summed E-state index contributed by atoms with van der Waals surface area (Å²) >= 11 is 0. The molecule has 0 aliphatic carbocycles. The first kappa shape index (κ1) is 17.5. The lowest BCUT2D eigenvalue weighted by molar-refractivity contribution is 0.0750. The fourth-order valence-corrected chi connectivity index (χ4v) is 5.10. The van der Waals surface area contributed by atoms with Gasteiger partial charge in [-0.25, -0.2) is 4.39 Å². The molecule has 4 heteroatoms. The summed E-state index contributed by atoms with van der Waals surface area (Å²) in [7, 11) is 1.48. The van der Waals surface area contributed by atoms with Gasteiger partial charge in [-0.15, -0.1) is 0 Å². The summed E-state index contributed by atoms with van der Waals surface area (Å²) in [6.45, 7) is 0.934. The highest BCUT2D eigenvalue weighted by Crippen LogP contribution is 2.51. The van der Waals surface area contributed by atoms with E-state index >= 15 is 0 Å². The number of nitrogens with zero attached hydrogens (tertiary/aromatic N) is 1. The summed E-state index contributed by atoms with van der Waals surface area (Å²) in [6, 6.07) is 16.5. The molecule has 0 aromatic heterocycles. The van der Waals surface area contributed by atoms with Gasteiger partial charge in [-0.05, 0) is 48.9 Å². The second-order valence-corrected chi connectivity index (χ2v) is 7.78. The molecule has 4 rings (SSSR count). The van der Waals surface area contributed by atoms with Crippen molar-refractivity contribution in [3.05, 3.63) is 65.5 Å². The highest BCUT2D eigenvalue weighted by Gasteiger charge is 2.55. The maximum Gasteiger partial charge on any atom is 0.165 e. The number of aliphatic hydroxyl groups excluding tert-OH is 1. The molecule has 2 aromatic rings. The van der Waals surface area contributed by atoms with Gasteiger partial charge in [0.1, 0.15) is 0 Å². The second-order valence-electron chi connectivity index (χ2n) is 7.78. The summed E-state index contributed by atoms with van der Waals surface area (Å²) in [5.41, 5.74) is 2.16. The molecule has 0 radical (unpaired) electrons. The lowest BCUT2D eigenvalue weighted by atomic mass is 9.70. The van der Waals surface area contributed by atoms with E-state index in [1.807, 2.05) is 12.1 Å². The molecular formula is C22H26FNO2. The highest BCUT2D eigenvalue weighted by atomic mass is 19.1. The molecule has 3 nitrogen and oxygen atoms in total. The minimum atomic E-state index is -0.311. The summed E-state index contributed by atoms with van der Waals surface area (Å²) < 4.78 is 19.1. The van der Waals surface area contributed by atoms with E-state index in [0.29, 0.717) is 12.1 Å². The third-order valence-corrected chi connectivity index (χ3v) is 6.29. The second kappa shape index (κ2) is 7.01. The Morgan fingerprint density at radius 1 is 1.15 bits per heavy atom. The fraction of sp³-hybridized carbons (Fsp3) is 0.455. The first-order valence-electron chi connectivity index (χ1n) is 9.38. The molecule has 0 saturated carbocycles. The number of ether oxygens (including phenoxy) is 1. The van der Waals surface area contributed by atoms with Crippen molar-refractivity contribution in [3.63, 3.8) is 0 Å². The largest absolute Gasteiger partial charge is 0.494 e. The quantitative estimate of drug-likeness (QED) is 0.856. The van der Waals surface area contributed by atoms with Crippen LogP contribution < -0.4 is 4.74 Å². The van der Waals surface area contributed by atoms with Gasteiger partial charge in [0.05, 0.1) is 13.7 Å².